The second-order valence-corrected chi connectivity index (χ2v) is 6.73. The molecule has 1 amide bonds. The maximum absolute atomic E-state index is 12.6. The van der Waals surface area contributed by atoms with Crippen molar-refractivity contribution < 1.29 is 9.53 Å². The molecular formula is C19H18N6O2S. The topological polar surface area (TPSA) is 85.2 Å². The van der Waals surface area contributed by atoms with Gasteiger partial charge in [0, 0.05) is 13.2 Å². The van der Waals surface area contributed by atoms with Gasteiger partial charge in [-0.15, -0.1) is 5.10 Å². The van der Waals surface area contributed by atoms with Gasteiger partial charge < -0.3 is 15.0 Å². The van der Waals surface area contributed by atoms with Crippen LogP contribution < -0.4 is 15.0 Å². The lowest BCUT2D eigenvalue weighted by atomic mass is 10.2. The van der Waals surface area contributed by atoms with Gasteiger partial charge in [-0.25, -0.2) is 14.6 Å². The molecule has 0 fully saturated rings. The van der Waals surface area contributed by atoms with Crippen molar-refractivity contribution in [2.24, 2.45) is 0 Å². The second kappa shape index (κ2) is 7.73. The van der Waals surface area contributed by atoms with Gasteiger partial charge in [0.25, 0.3) is 5.91 Å². The molecule has 4 rings (SSSR count). The predicted octanol–water partition coefficient (Wildman–Crippen LogP) is 1.68. The second-order valence-electron chi connectivity index (χ2n) is 6.31. The van der Waals surface area contributed by atoms with Gasteiger partial charge in [0.2, 0.25) is 5.82 Å². The van der Waals surface area contributed by atoms with Crippen molar-refractivity contribution in [2.75, 3.05) is 18.6 Å². The number of carbonyl (C=O) groups is 1. The SMILES string of the molecule is CN1C(=S)[C@@H](NC(=O)c2ncn(Cc3ccccc3)n2)COc2cccnc21. The van der Waals surface area contributed by atoms with E-state index in [9.17, 15) is 4.79 Å². The van der Waals surface area contributed by atoms with Gasteiger partial charge >= 0.3 is 0 Å². The van der Waals surface area contributed by atoms with Crippen molar-refractivity contribution in [1.29, 1.82) is 0 Å². The third-order valence-electron chi connectivity index (χ3n) is 4.34. The van der Waals surface area contributed by atoms with Gasteiger partial charge in [0.1, 0.15) is 24.0 Å². The summed E-state index contributed by atoms with van der Waals surface area (Å²) in [4.78, 5) is 23.3. The predicted molar refractivity (Wildman–Crippen MR) is 108 cm³/mol. The Morgan fingerprint density at radius 1 is 1.25 bits per heavy atom. The lowest BCUT2D eigenvalue weighted by molar-refractivity contribution is 0.0927. The standard InChI is InChI=1S/C19H18N6O2S/c1-24-17-15(8-5-9-20-17)27-11-14(19(24)28)22-18(26)16-21-12-25(23-16)10-13-6-3-2-4-7-13/h2-9,12,14H,10-11H2,1H3,(H,22,26)/t14-/m0/s1. The number of pyridine rings is 1. The van der Waals surface area contributed by atoms with Crippen molar-refractivity contribution in [3.05, 3.63) is 66.4 Å². The van der Waals surface area contributed by atoms with E-state index in [0.29, 0.717) is 23.1 Å². The van der Waals surface area contributed by atoms with E-state index in [2.05, 4.69) is 20.4 Å². The number of amides is 1. The number of benzene rings is 1. The van der Waals surface area contributed by atoms with E-state index in [0.717, 1.165) is 5.56 Å². The molecule has 1 atom stereocenters. The molecule has 0 bridgehead atoms. The van der Waals surface area contributed by atoms with Crippen LogP contribution in [0.25, 0.3) is 0 Å². The summed E-state index contributed by atoms with van der Waals surface area (Å²) in [5.41, 5.74) is 1.07. The fourth-order valence-electron chi connectivity index (χ4n) is 2.90. The van der Waals surface area contributed by atoms with Crippen molar-refractivity contribution in [1.82, 2.24) is 25.1 Å². The fourth-order valence-corrected chi connectivity index (χ4v) is 3.11. The monoisotopic (exact) mass is 394 g/mol. The van der Waals surface area contributed by atoms with Gasteiger partial charge in [-0.1, -0.05) is 42.5 Å². The summed E-state index contributed by atoms with van der Waals surface area (Å²) in [6.45, 7) is 0.744. The number of nitrogens with one attached hydrogen (secondary N) is 1. The largest absolute Gasteiger partial charge is 0.487 e. The molecule has 142 valence electrons. The van der Waals surface area contributed by atoms with E-state index in [1.807, 2.05) is 36.4 Å². The zero-order chi connectivity index (χ0) is 19.5. The minimum Gasteiger partial charge on any atom is -0.487 e. The molecule has 28 heavy (non-hydrogen) atoms. The number of rotatable bonds is 4. The van der Waals surface area contributed by atoms with Crippen LogP contribution in [-0.2, 0) is 6.54 Å². The lowest BCUT2D eigenvalue weighted by Gasteiger charge is -2.22. The Kier molecular flexibility index (Phi) is 4.98. The Labute approximate surface area is 167 Å². The number of ether oxygens (including phenoxy) is 1. The summed E-state index contributed by atoms with van der Waals surface area (Å²) in [6, 6.07) is 13.0. The van der Waals surface area contributed by atoms with Crippen molar-refractivity contribution in [3.63, 3.8) is 0 Å². The van der Waals surface area contributed by atoms with Crippen LogP contribution in [-0.4, -0.2) is 50.3 Å². The van der Waals surface area contributed by atoms with Gasteiger partial charge in [-0.2, -0.15) is 0 Å². The van der Waals surface area contributed by atoms with Gasteiger partial charge in [-0.3, -0.25) is 4.79 Å². The molecule has 0 saturated heterocycles. The van der Waals surface area contributed by atoms with E-state index in [-0.39, 0.29) is 12.4 Å². The van der Waals surface area contributed by atoms with E-state index < -0.39 is 11.9 Å². The average Bonchev–Trinajstić information content (AvgIpc) is 3.15. The Balaban J connectivity index is 1.45. The molecule has 3 heterocycles. The number of nitrogens with zero attached hydrogens (tertiary/aromatic N) is 5. The summed E-state index contributed by atoms with van der Waals surface area (Å²) >= 11 is 5.52. The van der Waals surface area contributed by atoms with Gasteiger partial charge in [0.15, 0.2) is 11.6 Å². The van der Waals surface area contributed by atoms with Crippen LogP contribution in [0.5, 0.6) is 5.75 Å². The first-order chi connectivity index (χ1) is 13.6. The summed E-state index contributed by atoms with van der Waals surface area (Å²) in [6.07, 6.45) is 3.21. The summed E-state index contributed by atoms with van der Waals surface area (Å²) in [5, 5.41) is 7.12. The molecule has 2 aromatic heterocycles. The Hall–Kier alpha value is -3.33. The van der Waals surface area contributed by atoms with Crippen LogP contribution >= 0.6 is 12.2 Å². The Morgan fingerprint density at radius 2 is 2.07 bits per heavy atom. The number of hydrogen-bond acceptors (Lipinski definition) is 6. The maximum atomic E-state index is 12.6. The molecule has 0 saturated carbocycles. The lowest BCUT2D eigenvalue weighted by Crippen LogP contribution is -2.48. The highest BCUT2D eigenvalue weighted by Gasteiger charge is 2.29. The highest BCUT2D eigenvalue weighted by Crippen LogP contribution is 2.27. The third kappa shape index (κ3) is 3.70. The first-order valence-electron chi connectivity index (χ1n) is 8.71. The molecule has 1 aliphatic heterocycles. The normalized spacial score (nSPS) is 16.1. The first-order valence-corrected chi connectivity index (χ1v) is 9.12. The van der Waals surface area contributed by atoms with Crippen molar-refractivity contribution in [2.45, 2.75) is 12.6 Å². The summed E-state index contributed by atoms with van der Waals surface area (Å²) in [7, 11) is 1.80. The van der Waals surface area contributed by atoms with Crippen molar-refractivity contribution in [3.8, 4) is 5.75 Å². The molecule has 1 aliphatic rings. The van der Waals surface area contributed by atoms with E-state index in [4.69, 9.17) is 17.0 Å². The molecule has 1 aromatic carbocycles. The zero-order valence-corrected chi connectivity index (χ0v) is 16.0. The van der Waals surface area contributed by atoms with Gasteiger partial charge in [0.05, 0.1) is 6.54 Å². The summed E-state index contributed by atoms with van der Waals surface area (Å²) in [5.74, 6) is 0.917. The van der Waals surface area contributed by atoms with Crippen molar-refractivity contribution >= 4 is 28.9 Å². The summed E-state index contributed by atoms with van der Waals surface area (Å²) < 4.78 is 7.39. The molecule has 8 nitrogen and oxygen atoms in total. The van der Waals surface area contributed by atoms with Crippen LogP contribution in [0.2, 0.25) is 0 Å². The van der Waals surface area contributed by atoms with Crippen LogP contribution in [0.1, 0.15) is 16.2 Å². The van der Waals surface area contributed by atoms with Crippen LogP contribution in [0.15, 0.2) is 55.0 Å². The quantitative estimate of drug-likeness (QED) is 0.674. The Bertz CT molecular complexity index is 1010. The molecule has 1 N–H and O–H groups in total. The van der Waals surface area contributed by atoms with E-state index >= 15 is 0 Å². The minimum atomic E-state index is -0.497. The number of likely N-dealkylation sites (N-methyl/N-ethyl adjacent to an activating group) is 1. The Morgan fingerprint density at radius 3 is 2.89 bits per heavy atom. The molecule has 0 radical (unpaired) electrons. The highest BCUT2D eigenvalue weighted by molar-refractivity contribution is 7.80. The van der Waals surface area contributed by atoms with Crippen LogP contribution in [0.3, 0.4) is 0 Å². The smallest absolute Gasteiger partial charge is 0.291 e. The zero-order valence-electron chi connectivity index (χ0n) is 15.1. The molecule has 3 aromatic rings. The third-order valence-corrected chi connectivity index (χ3v) is 4.89. The van der Waals surface area contributed by atoms with E-state index in [1.165, 1.54) is 6.33 Å². The molecular weight excluding hydrogens is 376 g/mol. The number of aromatic nitrogens is 4. The maximum Gasteiger partial charge on any atom is 0.291 e. The number of thiocarbonyl (C=S) groups is 1. The first kappa shape index (κ1) is 18.1. The molecule has 0 unspecified atom stereocenters. The molecule has 0 aliphatic carbocycles. The molecule has 0 spiro atoms. The van der Waals surface area contributed by atoms with Crippen LogP contribution in [0.4, 0.5) is 5.82 Å². The highest BCUT2D eigenvalue weighted by atomic mass is 32.1. The van der Waals surface area contributed by atoms with Crippen LogP contribution in [0, 0.1) is 0 Å². The number of carbonyl (C=O) groups excluding carboxylic acids is 1. The number of hydrogen-bond donors (Lipinski definition) is 1. The fraction of sp³-hybridized carbons (Fsp3) is 0.211. The molecule has 9 heteroatoms. The van der Waals surface area contributed by atoms with Gasteiger partial charge in [-0.05, 0) is 17.7 Å². The average molecular weight is 394 g/mol. The number of anilines is 1. The minimum absolute atomic E-state index is 0.0845. The number of fused-ring (bicyclic) bond motifs is 1. The van der Waals surface area contributed by atoms with E-state index in [1.54, 1.807) is 28.9 Å².